The first kappa shape index (κ1) is 13.6. The first-order valence-electron chi connectivity index (χ1n) is 8.12. The highest BCUT2D eigenvalue weighted by Crippen LogP contribution is 2.55. The van der Waals surface area contributed by atoms with Crippen LogP contribution in [0.1, 0.15) is 55.9 Å². The van der Waals surface area contributed by atoms with Crippen LogP contribution < -0.4 is 5.32 Å². The van der Waals surface area contributed by atoms with Gasteiger partial charge in [0.15, 0.2) is 5.69 Å². The third-order valence-corrected chi connectivity index (χ3v) is 5.95. The number of hydrogen-bond acceptors (Lipinski definition) is 2. The van der Waals surface area contributed by atoms with E-state index in [9.17, 15) is 4.79 Å². The summed E-state index contributed by atoms with van der Waals surface area (Å²) < 4.78 is 1.72. The number of halogens is 1. The Morgan fingerprint density at radius 3 is 2.38 bits per heavy atom. The Hall–Kier alpha value is -1.03. The molecule has 1 aromatic heterocycles. The summed E-state index contributed by atoms with van der Waals surface area (Å²) in [5.41, 5.74) is 0.403. The lowest BCUT2D eigenvalue weighted by molar-refractivity contribution is -0.0167. The van der Waals surface area contributed by atoms with Gasteiger partial charge in [0.25, 0.3) is 5.91 Å². The zero-order chi connectivity index (χ0) is 14.6. The molecule has 1 amide bonds. The fraction of sp³-hybridized carbons (Fsp3) is 0.750. The lowest BCUT2D eigenvalue weighted by Crippen LogP contribution is -2.59. The van der Waals surface area contributed by atoms with Crippen LogP contribution in [0.2, 0.25) is 5.02 Å². The minimum absolute atomic E-state index is 0.0190. The molecule has 0 aromatic carbocycles. The van der Waals surface area contributed by atoms with Crippen LogP contribution >= 0.6 is 11.6 Å². The number of carbonyl (C=O) groups excluding carboxylic acids is 1. The molecular formula is C16H22ClN3O. The van der Waals surface area contributed by atoms with Crippen LogP contribution in [0.3, 0.4) is 0 Å². The summed E-state index contributed by atoms with van der Waals surface area (Å²) in [7, 11) is 0. The monoisotopic (exact) mass is 307 g/mol. The van der Waals surface area contributed by atoms with E-state index >= 15 is 0 Å². The summed E-state index contributed by atoms with van der Waals surface area (Å²) in [6.45, 7) is 2.72. The molecule has 0 saturated heterocycles. The molecule has 0 radical (unpaired) electrons. The molecule has 5 rings (SSSR count). The highest BCUT2D eigenvalue weighted by molar-refractivity contribution is 6.33. The maximum atomic E-state index is 12.6. The Bertz CT molecular complexity index is 545. The van der Waals surface area contributed by atoms with E-state index in [2.05, 4.69) is 10.4 Å². The van der Waals surface area contributed by atoms with E-state index in [1.807, 2.05) is 6.92 Å². The highest BCUT2D eigenvalue weighted by atomic mass is 35.5. The molecule has 4 fully saturated rings. The Labute approximate surface area is 130 Å². The van der Waals surface area contributed by atoms with Gasteiger partial charge in [-0.15, -0.1) is 0 Å². The van der Waals surface area contributed by atoms with Gasteiger partial charge in [-0.25, -0.2) is 0 Å². The van der Waals surface area contributed by atoms with Crippen LogP contribution in [0.15, 0.2) is 6.20 Å². The molecule has 0 unspecified atom stereocenters. The van der Waals surface area contributed by atoms with Crippen molar-refractivity contribution < 1.29 is 4.79 Å². The molecule has 0 spiro atoms. The Morgan fingerprint density at radius 1 is 1.33 bits per heavy atom. The van der Waals surface area contributed by atoms with E-state index in [-0.39, 0.29) is 11.4 Å². The van der Waals surface area contributed by atoms with Crippen molar-refractivity contribution in [2.75, 3.05) is 0 Å². The van der Waals surface area contributed by atoms with E-state index < -0.39 is 0 Å². The second-order valence-corrected chi connectivity index (χ2v) is 7.74. The van der Waals surface area contributed by atoms with Crippen molar-refractivity contribution >= 4 is 17.5 Å². The van der Waals surface area contributed by atoms with Crippen molar-refractivity contribution in [2.45, 2.75) is 57.5 Å². The van der Waals surface area contributed by atoms with E-state index in [4.69, 9.17) is 11.6 Å². The highest BCUT2D eigenvalue weighted by Gasteiger charge is 2.51. The fourth-order valence-corrected chi connectivity index (χ4v) is 5.51. The SMILES string of the molecule is CCn1cc(Cl)c(C(=O)NC23CC4CC(CC(C4)C2)C3)n1. The molecular weight excluding hydrogens is 286 g/mol. The maximum absolute atomic E-state index is 12.6. The topological polar surface area (TPSA) is 46.9 Å². The van der Waals surface area contributed by atoms with Crippen LogP contribution in [0.5, 0.6) is 0 Å². The van der Waals surface area contributed by atoms with Gasteiger partial charge in [0, 0.05) is 18.3 Å². The fourth-order valence-electron chi connectivity index (χ4n) is 5.28. The molecule has 4 aliphatic rings. The van der Waals surface area contributed by atoms with Crippen LogP contribution in [0.4, 0.5) is 0 Å². The molecule has 1 heterocycles. The number of rotatable bonds is 3. The minimum Gasteiger partial charge on any atom is -0.345 e. The maximum Gasteiger partial charge on any atom is 0.273 e. The Balaban J connectivity index is 1.55. The molecule has 1 N–H and O–H groups in total. The summed E-state index contributed by atoms with van der Waals surface area (Å²) in [6, 6.07) is 0. The van der Waals surface area contributed by atoms with Gasteiger partial charge >= 0.3 is 0 Å². The molecule has 21 heavy (non-hydrogen) atoms. The second-order valence-electron chi connectivity index (χ2n) is 7.33. The molecule has 4 nitrogen and oxygen atoms in total. The smallest absolute Gasteiger partial charge is 0.273 e. The predicted octanol–water partition coefficient (Wildman–Crippen LogP) is 3.26. The standard InChI is InChI=1S/C16H22ClN3O/c1-2-20-9-13(17)14(19-20)15(21)18-16-6-10-3-11(7-16)5-12(4-10)8-16/h9-12H,2-8H2,1H3,(H,18,21). The zero-order valence-electron chi connectivity index (χ0n) is 12.4. The second kappa shape index (κ2) is 4.73. The van der Waals surface area contributed by atoms with Gasteiger partial charge < -0.3 is 5.32 Å². The van der Waals surface area contributed by atoms with Crippen LogP contribution in [0, 0.1) is 17.8 Å². The van der Waals surface area contributed by atoms with E-state index in [0.29, 0.717) is 10.7 Å². The van der Waals surface area contributed by atoms with Gasteiger partial charge in [-0.3, -0.25) is 9.48 Å². The number of nitrogens with one attached hydrogen (secondary N) is 1. The molecule has 0 atom stereocenters. The number of carbonyl (C=O) groups is 1. The van der Waals surface area contributed by atoms with Gasteiger partial charge in [-0.2, -0.15) is 5.10 Å². The Kier molecular flexibility index (Phi) is 3.07. The molecule has 4 bridgehead atoms. The van der Waals surface area contributed by atoms with Gasteiger partial charge in [0.2, 0.25) is 0 Å². The lowest BCUT2D eigenvalue weighted by atomic mass is 9.53. The largest absolute Gasteiger partial charge is 0.345 e. The van der Waals surface area contributed by atoms with E-state index in [0.717, 1.165) is 43.6 Å². The number of amides is 1. The zero-order valence-corrected chi connectivity index (χ0v) is 13.2. The summed E-state index contributed by atoms with van der Waals surface area (Å²) in [5, 5.41) is 8.08. The first-order valence-corrected chi connectivity index (χ1v) is 8.50. The lowest BCUT2D eigenvalue weighted by Gasteiger charge is -2.56. The normalized spacial score (nSPS) is 37.0. The number of aromatic nitrogens is 2. The van der Waals surface area contributed by atoms with Gasteiger partial charge in [-0.05, 0) is 63.2 Å². The molecule has 5 heteroatoms. The summed E-state index contributed by atoms with van der Waals surface area (Å²) in [5.74, 6) is 2.37. The van der Waals surface area contributed by atoms with Crippen molar-refractivity contribution in [2.24, 2.45) is 17.8 Å². The summed E-state index contributed by atoms with van der Waals surface area (Å²) in [4.78, 5) is 12.6. The van der Waals surface area contributed by atoms with Gasteiger partial charge in [-0.1, -0.05) is 11.6 Å². The van der Waals surface area contributed by atoms with E-state index in [1.54, 1.807) is 10.9 Å². The number of nitrogens with zero attached hydrogens (tertiary/aromatic N) is 2. The van der Waals surface area contributed by atoms with Crippen molar-refractivity contribution in [3.05, 3.63) is 16.9 Å². The van der Waals surface area contributed by atoms with E-state index in [1.165, 1.54) is 19.3 Å². The molecule has 1 aromatic rings. The van der Waals surface area contributed by atoms with Crippen molar-refractivity contribution in [3.63, 3.8) is 0 Å². The molecule has 114 valence electrons. The number of aryl methyl sites for hydroxylation is 1. The van der Waals surface area contributed by atoms with Gasteiger partial charge in [0.05, 0.1) is 5.02 Å². The molecule has 0 aliphatic heterocycles. The average molecular weight is 308 g/mol. The average Bonchev–Trinajstić information content (AvgIpc) is 2.78. The quantitative estimate of drug-likeness (QED) is 0.931. The third kappa shape index (κ3) is 2.28. The van der Waals surface area contributed by atoms with Crippen LogP contribution in [-0.2, 0) is 6.54 Å². The van der Waals surface area contributed by atoms with Crippen LogP contribution in [0.25, 0.3) is 0 Å². The first-order chi connectivity index (χ1) is 10.1. The number of hydrogen-bond donors (Lipinski definition) is 1. The Morgan fingerprint density at radius 2 is 1.90 bits per heavy atom. The van der Waals surface area contributed by atoms with Crippen molar-refractivity contribution in [1.29, 1.82) is 0 Å². The molecule has 4 saturated carbocycles. The third-order valence-electron chi connectivity index (χ3n) is 5.67. The van der Waals surface area contributed by atoms with Crippen molar-refractivity contribution in [3.8, 4) is 0 Å². The van der Waals surface area contributed by atoms with Crippen molar-refractivity contribution in [1.82, 2.24) is 15.1 Å². The van der Waals surface area contributed by atoms with Crippen LogP contribution in [-0.4, -0.2) is 21.2 Å². The summed E-state index contributed by atoms with van der Waals surface area (Å²) >= 11 is 6.16. The summed E-state index contributed by atoms with van der Waals surface area (Å²) in [6.07, 6.45) is 9.31. The molecule has 4 aliphatic carbocycles. The minimum atomic E-state index is -0.0887. The predicted molar refractivity (Wildman–Crippen MR) is 81.3 cm³/mol. The van der Waals surface area contributed by atoms with Gasteiger partial charge in [0.1, 0.15) is 0 Å².